The molecule has 0 aromatic carbocycles. The second-order valence-electron chi connectivity index (χ2n) is 7.37. The Morgan fingerprint density at radius 2 is 1.96 bits per heavy atom. The Bertz CT molecular complexity index is 940. The predicted octanol–water partition coefficient (Wildman–Crippen LogP) is 1.28. The summed E-state index contributed by atoms with van der Waals surface area (Å²) >= 11 is 0. The normalized spacial score (nSPS) is 20.2. The third kappa shape index (κ3) is 2.45. The van der Waals surface area contributed by atoms with E-state index in [0.717, 1.165) is 25.7 Å². The molecule has 0 atom stereocenters. The first-order valence-corrected chi connectivity index (χ1v) is 8.55. The molecule has 0 aliphatic heterocycles. The lowest BCUT2D eigenvalue weighted by Crippen LogP contribution is -2.22. The number of aromatic nitrogens is 3. The molecule has 2 saturated carbocycles. The standard InChI is InChI=1S/C18H21N5O2/c1-17(8-9-17)23-11(4-7-18(25)5-2-3-6-18)12(15(20)24)13-14(19)21-10-22-16(13)23/h10,25H,2-3,5-6,8-9H2,1H3,(H2,20,24)(H2,19,21,22). The van der Waals surface area contributed by atoms with Crippen LogP contribution < -0.4 is 11.5 Å². The number of rotatable bonds is 2. The van der Waals surface area contributed by atoms with Gasteiger partial charge >= 0.3 is 0 Å². The molecule has 0 unspecified atom stereocenters. The molecular formula is C18H21N5O2. The molecule has 2 aromatic rings. The fraction of sp³-hybridized carbons (Fsp3) is 0.500. The van der Waals surface area contributed by atoms with Crippen LogP contribution in [0, 0.1) is 11.8 Å². The van der Waals surface area contributed by atoms with Crippen molar-refractivity contribution in [3.05, 3.63) is 17.6 Å². The average molecular weight is 339 g/mol. The summed E-state index contributed by atoms with van der Waals surface area (Å²) in [5.74, 6) is 5.62. The molecule has 5 N–H and O–H groups in total. The zero-order chi connectivity index (χ0) is 17.8. The Hall–Kier alpha value is -2.59. The third-order valence-electron chi connectivity index (χ3n) is 5.38. The number of nitrogen functional groups attached to an aromatic ring is 1. The summed E-state index contributed by atoms with van der Waals surface area (Å²) in [4.78, 5) is 20.5. The average Bonchev–Trinajstić information content (AvgIpc) is 3.01. The molecule has 1 amide bonds. The second-order valence-corrected chi connectivity index (χ2v) is 7.37. The molecule has 2 aromatic heterocycles. The van der Waals surface area contributed by atoms with Crippen LogP contribution >= 0.6 is 0 Å². The summed E-state index contributed by atoms with van der Waals surface area (Å²) in [6, 6.07) is 0. The van der Waals surface area contributed by atoms with Crippen LogP contribution in [0.15, 0.2) is 6.33 Å². The number of carbonyl (C=O) groups is 1. The van der Waals surface area contributed by atoms with Crippen molar-refractivity contribution in [3.8, 4) is 11.8 Å². The highest BCUT2D eigenvalue weighted by Crippen LogP contribution is 2.47. The van der Waals surface area contributed by atoms with E-state index in [1.807, 2.05) is 4.57 Å². The van der Waals surface area contributed by atoms with Gasteiger partial charge in [-0.1, -0.05) is 5.92 Å². The predicted molar refractivity (Wildman–Crippen MR) is 93.6 cm³/mol. The number of nitrogens with zero attached hydrogens (tertiary/aromatic N) is 3. The van der Waals surface area contributed by atoms with Gasteiger partial charge in [-0.25, -0.2) is 9.97 Å². The number of nitrogens with two attached hydrogens (primary N) is 2. The van der Waals surface area contributed by atoms with Gasteiger partial charge in [-0.15, -0.1) is 0 Å². The summed E-state index contributed by atoms with van der Waals surface area (Å²) in [6.45, 7) is 2.09. The first-order valence-electron chi connectivity index (χ1n) is 8.55. The van der Waals surface area contributed by atoms with E-state index >= 15 is 0 Å². The lowest BCUT2D eigenvalue weighted by Gasteiger charge is -2.16. The van der Waals surface area contributed by atoms with Gasteiger partial charge in [0.2, 0.25) is 0 Å². The highest BCUT2D eigenvalue weighted by atomic mass is 16.3. The van der Waals surface area contributed by atoms with Gasteiger partial charge < -0.3 is 21.1 Å². The molecule has 25 heavy (non-hydrogen) atoms. The Morgan fingerprint density at radius 1 is 1.28 bits per heavy atom. The van der Waals surface area contributed by atoms with Crippen LogP contribution in [0.4, 0.5) is 5.82 Å². The lowest BCUT2D eigenvalue weighted by atomic mass is 10.0. The maximum atomic E-state index is 12.2. The Balaban J connectivity index is 2.02. The number of primary amides is 1. The number of hydrogen-bond donors (Lipinski definition) is 3. The summed E-state index contributed by atoms with van der Waals surface area (Å²) in [6.07, 6.45) is 6.48. The molecule has 130 valence electrons. The van der Waals surface area contributed by atoms with Crippen molar-refractivity contribution in [2.45, 2.75) is 56.6 Å². The molecule has 7 heteroatoms. The van der Waals surface area contributed by atoms with Gasteiger partial charge in [-0.2, -0.15) is 0 Å². The molecule has 4 rings (SSSR count). The molecule has 0 bridgehead atoms. The van der Waals surface area contributed by atoms with Crippen molar-refractivity contribution in [1.29, 1.82) is 0 Å². The van der Waals surface area contributed by atoms with Gasteiger partial charge in [0.05, 0.1) is 10.9 Å². The van der Waals surface area contributed by atoms with E-state index in [2.05, 4.69) is 28.7 Å². The van der Waals surface area contributed by atoms with Crippen molar-refractivity contribution in [2.75, 3.05) is 5.73 Å². The number of anilines is 1. The van der Waals surface area contributed by atoms with E-state index in [4.69, 9.17) is 11.5 Å². The zero-order valence-corrected chi connectivity index (χ0v) is 14.2. The van der Waals surface area contributed by atoms with Gasteiger partial charge in [0, 0.05) is 5.54 Å². The van der Waals surface area contributed by atoms with Crippen LogP contribution in [0.2, 0.25) is 0 Å². The SMILES string of the molecule is CC1(n2c(C#CC3(O)CCCC3)c(C(N)=O)c3c(N)ncnc32)CC1. The number of amides is 1. The second kappa shape index (κ2) is 5.20. The molecule has 0 spiro atoms. The van der Waals surface area contributed by atoms with Crippen LogP contribution in [-0.2, 0) is 5.54 Å². The third-order valence-corrected chi connectivity index (χ3v) is 5.38. The largest absolute Gasteiger partial charge is 0.383 e. The zero-order valence-electron chi connectivity index (χ0n) is 14.2. The van der Waals surface area contributed by atoms with Gasteiger partial charge in [0.25, 0.3) is 5.91 Å². The Kier molecular flexibility index (Phi) is 3.31. The summed E-state index contributed by atoms with van der Waals surface area (Å²) < 4.78 is 1.95. The molecule has 0 saturated heterocycles. The minimum absolute atomic E-state index is 0.172. The Morgan fingerprint density at radius 3 is 2.56 bits per heavy atom. The monoisotopic (exact) mass is 339 g/mol. The van der Waals surface area contributed by atoms with E-state index in [0.29, 0.717) is 29.6 Å². The fourth-order valence-corrected chi connectivity index (χ4v) is 3.68. The fourth-order valence-electron chi connectivity index (χ4n) is 3.68. The number of hydrogen-bond acceptors (Lipinski definition) is 5. The highest BCUT2D eigenvalue weighted by Gasteiger charge is 2.43. The molecular weight excluding hydrogens is 318 g/mol. The number of carbonyl (C=O) groups excluding carboxylic acids is 1. The summed E-state index contributed by atoms with van der Waals surface area (Å²) in [5.41, 5.74) is 11.8. The lowest BCUT2D eigenvalue weighted by molar-refractivity contribution is 0.100. The van der Waals surface area contributed by atoms with E-state index in [-0.39, 0.29) is 16.9 Å². The van der Waals surface area contributed by atoms with Crippen LogP contribution in [0.5, 0.6) is 0 Å². The molecule has 2 aliphatic rings. The maximum Gasteiger partial charge on any atom is 0.252 e. The first kappa shape index (κ1) is 15.9. The molecule has 2 aliphatic carbocycles. The highest BCUT2D eigenvalue weighted by molar-refractivity contribution is 6.11. The van der Waals surface area contributed by atoms with Crippen LogP contribution in [0.3, 0.4) is 0 Å². The van der Waals surface area contributed by atoms with Crippen molar-refractivity contribution in [1.82, 2.24) is 14.5 Å². The van der Waals surface area contributed by atoms with Crippen LogP contribution in [0.1, 0.15) is 61.5 Å². The van der Waals surface area contributed by atoms with Gasteiger partial charge in [-0.3, -0.25) is 4.79 Å². The molecule has 0 radical (unpaired) electrons. The van der Waals surface area contributed by atoms with Crippen molar-refractivity contribution >= 4 is 22.8 Å². The smallest absolute Gasteiger partial charge is 0.252 e. The van der Waals surface area contributed by atoms with E-state index < -0.39 is 11.5 Å². The number of aliphatic hydroxyl groups is 1. The number of fused-ring (bicyclic) bond motifs is 1. The minimum atomic E-state index is -1.00. The Labute approximate surface area is 145 Å². The van der Waals surface area contributed by atoms with Crippen molar-refractivity contribution < 1.29 is 9.90 Å². The van der Waals surface area contributed by atoms with Crippen LogP contribution in [0.25, 0.3) is 11.0 Å². The van der Waals surface area contributed by atoms with E-state index in [9.17, 15) is 9.90 Å². The van der Waals surface area contributed by atoms with Gasteiger partial charge in [0.1, 0.15) is 29.1 Å². The minimum Gasteiger partial charge on any atom is -0.383 e. The van der Waals surface area contributed by atoms with Crippen molar-refractivity contribution in [2.24, 2.45) is 5.73 Å². The van der Waals surface area contributed by atoms with E-state index in [1.165, 1.54) is 6.33 Å². The van der Waals surface area contributed by atoms with Crippen molar-refractivity contribution in [3.63, 3.8) is 0 Å². The van der Waals surface area contributed by atoms with Gasteiger partial charge in [-0.05, 0) is 51.4 Å². The topological polar surface area (TPSA) is 120 Å². The van der Waals surface area contributed by atoms with Gasteiger partial charge in [0.15, 0.2) is 0 Å². The quantitative estimate of drug-likeness (QED) is 0.712. The first-order chi connectivity index (χ1) is 11.8. The maximum absolute atomic E-state index is 12.2. The summed E-state index contributed by atoms with van der Waals surface area (Å²) in [7, 11) is 0. The summed E-state index contributed by atoms with van der Waals surface area (Å²) in [5, 5.41) is 11.0. The molecule has 2 fully saturated rings. The molecule has 2 heterocycles. The van der Waals surface area contributed by atoms with E-state index in [1.54, 1.807) is 0 Å². The molecule has 7 nitrogen and oxygen atoms in total. The van der Waals surface area contributed by atoms with Crippen LogP contribution in [-0.4, -0.2) is 31.1 Å².